The van der Waals surface area contributed by atoms with Crippen molar-refractivity contribution in [2.75, 3.05) is 0 Å². The van der Waals surface area contributed by atoms with Crippen molar-refractivity contribution in [2.45, 2.75) is 80.9 Å². The Bertz CT molecular complexity index is 2300. The van der Waals surface area contributed by atoms with Crippen LogP contribution in [0.5, 0.6) is 0 Å². The Morgan fingerprint density at radius 3 is 2.06 bits per heavy atom. The van der Waals surface area contributed by atoms with Gasteiger partial charge in [-0.25, -0.2) is 0 Å². The third-order valence-electron chi connectivity index (χ3n) is 9.14. The zero-order chi connectivity index (χ0) is 37.3. The normalized spacial score (nSPS) is 12.0. The van der Waals surface area contributed by atoms with Crippen LogP contribution in [-0.4, -0.2) is 18.0 Å². The standard InChI is InChI=1S/C29H26NS.C19H26NSi.Ir/c1-19-8-10-21(11-9-19)22-12-13-23-24-6-5-7-25(28(24)31-27(23)17-22)26-16-20(14-15-30-26)18-29(2,3)4;1-19(2,3)13-16-12-17(15-10-8-7-9-11-15)20-14-18(16)21(4,5)6;/h5-6,8-17H,18H2,1-4H3;7-10,12,14H,13H2,1-6H3;/q2*-1;. The molecule has 0 aliphatic heterocycles. The molecular formula is C48H52IrN2SSi-2. The van der Waals surface area contributed by atoms with E-state index in [1.54, 1.807) is 0 Å². The Balaban J connectivity index is 0.000000216. The zero-order valence-electron chi connectivity index (χ0n) is 32.9. The summed E-state index contributed by atoms with van der Waals surface area (Å²) in [5, 5.41) is 4.07. The number of aryl methyl sites for hydroxylation is 1. The molecule has 0 amide bonds. The first-order chi connectivity index (χ1) is 24.5. The maximum Gasteiger partial charge on any atom is 0.0798 e. The molecule has 275 valence electrons. The van der Waals surface area contributed by atoms with Crippen LogP contribution in [0.25, 0.3) is 53.8 Å². The molecule has 0 saturated carbocycles. The fraction of sp³-hybridized carbons (Fsp3) is 0.292. The van der Waals surface area contributed by atoms with Crippen molar-refractivity contribution in [3.63, 3.8) is 0 Å². The number of hydrogen-bond donors (Lipinski definition) is 0. The predicted molar refractivity (Wildman–Crippen MR) is 229 cm³/mol. The maximum absolute atomic E-state index is 4.71. The van der Waals surface area contributed by atoms with Gasteiger partial charge in [0, 0.05) is 37.2 Å². The van der Waals surface area contributed by atoms with Gasteiger partial charge in [-0.2, -0.15) is 11.3 Å². The second kappa shape index (κ2) is 16.3. The number of nitrogens with zero attached hydrogens (tertiary/aromatic N) is 2. The Morgan fingerprint density at radius 2 is 1.40 bits per heavy atom. The molecule has 2 nitrogen and oxygen atoms in total. The summed E-state index contributed by atoms with van der Waals surface area (Å²) in [6, 6.07) is 41.3. The van der Waals surface area contributed by atoms with Gasteiger partial charge in [0.15, 0.2) is 0 Å². The van der Waals surface area contributed by atoms with Crippen molar-refractivity contribution in [1.29, 1.82) is 0 Å². The molecule has 7 aromatic rings. The van der Waals surface area contributed by atoms with Crippen LogP contribution in [0.3, 0.4) is 0 Å². The van der Waals surface area contributed by atoms with Gasteiger partial charge in [-0.05, 0) is 80.5 Å². The summed E-state index contributed by atoms with van der Waals surface area (Å²) in [6.07, 6.45) is 6.18. The minimum atomic E-state index is -1.37. The monoisotopic (exact) mass is 909 g/mol. The molecule has 0 fully saturated rings. The van der Waals surface area contributed by atoms with E-state index in [0.29, 0.717) is 0 Å². The van der Waals surface area contributed by atoms with Gasteiger partial charge in [-0.3, -0.25) is 0 Å². The second-order valence-electron chi connectivity index (χ2n) is 17.6. The molecule has 0 spiro atoms. The quantitative estimate of drug-likeness (QED) is 0.123. The summed E-state index contributed by atoms with van der Waals surface area (Å²) in [6.45, 7) is 23.0. The summed E-state index contributed by atoms with van der Waals surface area (Å²) in [7, 11) is -1.37. The topological polar surface area (TPSA) is 25.8 Å². The third-order valence-corrected chi connectivity index (χ3v) is 12.4. The van der Waals surface area contributed by atoms with E-state index < -0.39 is 8.07 Å². The molecule has 5 heteroatoms. The van der Waals surface area contributed by atoms with Gasteiger partial charge in [0.05, 0.1) is 8.07 Å². The van der Waals surface area contributed by atoms with Crippen molar-refractivity contribution in [1.82, 2.24) is 9.97 Å². The number of thiophene rings is 1. The largest absolute Gasteiger partial charge is 0.305 e. The molecule has 1 radical (unpaired) electrons. The first-order valence-corrected chi connectivity index (χ1v) is 22.7. The summed E-state index contributed by atoms with van der Waals surface area (Å²) in [5.74, 6) is 0. The molecule has 3 aromatic heterocycles. The van der Waals surface area contributed by atoms with Gasteiger partial charge in [0.2, 0.25) is 0 Å². The van der Waals surface area contributed by atoms with Gasteiger partial charge >= 0.3 is 0 Å². The molecule has 0 saturated heterocycles. The van der Waals surface area contributed by atoms with Crippen LogP contribution < -0.4 is 5.19 Å². The molecule has 53 heavy (non-hydrogen) atoms. The fourth-order valence-electron chi connectivity index (χ4n) is 6.78. The summed E-state index contributed by atoms with van der Waals surface area (Å²) < 4.78 is 2.57. The smallest absolute Gasteiger partial charge is 0.0798 e. The van der Waals surface area contributed by atoms with Gasteiger partial charge in [-0.1, -0.05) is 132 Å². The van der Waals surface area contributed by atoms with Crippen molar-refractivity contribution in [3.8, 4) is 33.6 Å². The molecule has 0 unspecified atom stereocenters. The van der Waals surface area contributed by atoms with Gasteiger partial charge in [0.1, 0.15) is 0 Å². The molecule has 7 rings (SSSR count). The summed E-state index contributed by atoms with van der Waals surface area (Å²) >= 11 is 1.84. The number of benzene rings is 4. The molecule has 0 aliphatic rings. The van der Waals surface area contributed by atoms with Crippen molar-refractivity contribution in [2.24, 2.45) is 10.8 Å². The van der Waals surface area contributed by atoms with Crippen molar-refractivity contribution in [3.05, 3.63) is 138 Å². The molecule has 3 heterocycles. The number of pyridine rings is 2. The minimum absolute atomic E-state index is 0. The number of fused-ring (bicyclic) bond motifs is 3. The molecule has 0 N–H and O–H groups in total. The fourth-order valence-corrected chi connectivity index (χ4v) is 9.60. The number of hydrogen-bond acceptors (Lipinski definition) is 3. The predicted octanol–water partition coefficient (Wildman–Crippen LogP) is 13.2. The summed E-state index contributed by atoms with van der Waals surface area (Å²) in [4.78, 5) is 9.42. The average molecular weight is 909 g/mol. The minimum Gasteiger partial charge on any atom is -0.305 e. The van der Waals surface area contributed by atoms with Crippen molar-refractivity contribution < 1.29 is 20.1 Å². The second-order valence-corrected chi connectivity index (χ2v) is 23.6. The van der Waals surface area contributed by atoms with E-state index in [1.807, 2.05) is 41.8 Å². The Hall–Kier alpha value is -3.73. The Kier molecular flexibility index (Phi) is 12.5. The zero-order valence-corrected chi connectivity index (χ0v) is 37.2. The van der Waals surface area contributed by atoms with E-state index >= 15 is 0 Å². The molecular weight excluding hydrogens is 857 g/mol. The first-order valence-electron chi connectivity index (χ1n) is 18.4. The van der Waals surface area contributed by atoms with E-state index in [2.05, 4.69) is 159 Å². The van der Waals surface area contributed by atoms with Crippen LogP contribution in [0.2, 0.25) is 19.6 Å². The van der Waals surface area contributed by atoms with Crippen LogP contribution in [0.15, 0.2) is 109 Å². The molecule has 0 aliphatic carbocycles. The number of rotatable bonds is 6. The number of aromatic nitrogens is 2. The average Bonchev–Trinajstić information content (AvgIpc) is 3.46. The van der Waals surface area contributed by atoms with Crippen LogP contribution in [0, 0.1) is 29.9 Å². The third kappa shape index (κ3) is 10.3. The van der Waals surface area contributed by atoms with Gasteiger partial charge < -0.3 is 9.97 Å². The molecule has 4 aromatic carbocycles. The van der Waals surface area contributed by atoms with Crippen LogP contribution in [0.1, 0.15) is 58.2 Å². The maximum atomic E-state index is 4.71. The Morgan fingerprint density at radius 1 is 0.679 bits per heavy atom. The van der Waals surface area contributed by atoms with Crippen molar-refractivity contribution >= 4 is 44.8 Å². The van der Waals surface area contributed by atoms with E-state index in [9.17, 15) is 0 Å². The Labute approximate surface area is 336 Å². The van der Waals surface area contributed by atoms with Gasteiger partial charge in [0.25, 0.3) is 0 Å². The molecule has 0 bridgehead atoms. The van der Waals surface area contributed by atoms with Gasteiger partial charge in [-0.15, -0.1) is 59.7 Å². The first kappa shape index (κ1) is 40.5. The van der Waals surface area contributed by atoms with Crippen LogP contribution in [0.4, 0.5) is 0 Å². The van der Waals surface area contributed by atoms with Crippen LogP contribution >= 0.6 is 11.3 Å². The van der Waals surface area contributed by atoms with E-state index in [1.165, 1.54) is 53.2 Å². The van der Waals surface area contributed by atoms with E-state index in [4.69, 9.17) is 9.97 Å². The summed E-state index contributed by atoms with van der Waals surface area (Å²) in [5.41, 5.74) is 11.4. The van der Waals surface area contributed by atoms with E-state index in [-0.39, 0.29) is 30.9 Å². The van der Waals surface area contributed by atoms with Crippen LogP contribution in [-0.2, 0) is 32.9 Å². The SMILES string of the molecule is CC(C)(C)Cc1cc(-c2[c-]cccc2)ncc1[Si](C)(C)C.Cc1ccc(-c2ccc3c(c2)sc2c(-c4cc(CC(C)(C)C)ccn4)[c-]ccc23)cc1.[Ir]. The van der Waals surface area contributed by atoms with E-state index in [0.717, 1.165) is 35.4 Å². The molecule has 0 atom stereocenters.